The van der Waals surface area contributed by atoms with Crippen molar-refractivity contribution in [2.75, 3.05) is 74.0 Å². The summed E-state index contributed by atoms with van der Waals surface area (Å²) in [6, 6.07) is 12.3. The zero-order valence-electron chi connectivity index (χ0n) is 45.0. The number of hydrogen-bond acceptors (Lipinski definition) is 18. The van der Waals surface area contributed by atoms with Gasteiger partial charge in [-0.05, 0) is 66.6 Å². The third-order valence-corrected chi connectivity index (χ3v) is 14.9. The molecule has 2 aromatic carbocycles. The summed E-state index contributed by atoms with van der Waals surface area (Å²) in [4.78, 5) is 92.0. The number of nitrogens with zero attached hydrogens (tertiary/aromatic N) is 14. The number of aromatic hydroxyl groups is 1. The molecule has 1 aliphatic carbocycles. The largest absolute Gasteiger partial charge is 0.508 e. The highest BCUT2D eigenvalue weighted by Crippen LogP contribution is 2.43. The number of carbonyl (C=O) groups is 4. The van der Waals surface area contributed by atoms with Crippen molar-refractivity contribution < 1.29 is 38.9 Å². The molecule has 2 saturated heterocycles. The Morgan fingerprint density at radius 1 is 0.725 bits per heavy atom. The predicted octanol–water partition coefficient (Wildman–Crippen LogP) is 4.18. The van der Waals surface area contributed by atoms with Crippen LogP contribution in [0, 0.1) is 11.8 Å². The van der Waals surface area contributed by atoms with Gasteiger partial charge in [0, 0.05) is 112 Å². The Bertz CT molecular complexity index is 3450. The van der Waals surface area contributed by atoms with Crippen molar-refractivity contribution >= 4 is 64.2 Å². The molecule has 6 heterocycles. The Kier molecular flexibility index (Phi) is 16.8. The van der Waals surface area contributed by atoms with E-state index in [-0.39, 0.29) is 76.5 Å². The number of phenolic OH excluding ortho intramolecular Hbond substituents is 1. The number of aryl methyl sites for hydroxylation is 2. The molecule has 0 radical (unpaired) electrons. The Labute approximate surface area is 459 Å². The van der Waals surface area contributed by atoms with Crippen LogP contribution in [0.25, 0.3) is 33.4 Å². The molecule has 4 atom stereocenters. The average molecular weight is 1100 g/mol. The maximum absolute atomic E-state index is 14.4. The third-order valence-electron chi connectivity index (χ3n) is 14.9. The molecule has 2 amide bonds. The molecule has 3 aliphatic heterocycles. The van der Waals surface area contributed by atoms with Crippen LogP contribution in [0.3, 0.4) is 0 Å². The van der Waals surface area contributed by atoms with E-state index in [0.29, 0.717) is 124 Å². The third kappa shape index (κ3) is 12.4. The molecule has 4 aliphatic rings. The van der Waals surface area contributed by atoms with E-state index in [9.17, 15) is 39.3 Å². The molecule has 8 N–H and O–H groups in total. The molecule has 26 heteroatoms. The van der Waals surface area contributed by atoms with Crippen LogP contribution in [-0.4, -0.2) is 159 Å². The van der Waals surface area contributed by atoms with E-state index in [2.05, 4.69) is 30.9 Å². The van der Waals surface area contributed by atoms with E-state index >= 15 is 0 Å². The number of aliphatic imine (C=N–C) groups is 1. The van der Waals surface area contributed by atoms with Gasteiger partial charge in [0.15, 0.2) is 11.4 Å². The number of aliphatic carboxylic acids is 1. The second-order valence-electron chi connectivity index (χ2n) is 20.2. The number of phenols is 1. The van der Waals surface area contributed by atoms with Crippen LogP contribution in [0.2, 0.25) is 0 Å². The molecule has 80 heavy (non-hydrogen) atoms. The highest BCUT2D eigenvalue weighted by atomic mass is 16.4. The van der Waals surface area contributed by atoms with Gasteiger partial charge in [0.25, 0.3) is 0 Å². The second-order valence-corrected chi connectivity index (χ2v) is 20.2. The maximum Gasteiger partial charge on any atom is 0.336 e. The van der Waals surface area contributed by atoms with Gasteiger partial charge in [-0.25, -0.2) is 14.2 Å². The molecule has 2 fully saturated rings. The fourth-order valence-electron chi connectivity index (χ4n) is 10.1. The number of aromatic nitrogens is 9. The van der Waals surface area contributed by atoms with Crippen molar-refractivity contribution in [1.29, 1.82) is 0 Å². The van der Waals surface area contributed by atoms with Crippen molar-refractivity contribution in [3.05, 3.63) is 94.2 Å². The first-order valence-electron chi connectivity index (χ1n) is 26.7. The van der Waals surface area contributed by atoms with Crippen molar-refractivity contribution in [3.8, 4) is 28.2 Å². The number of nitrogens with one attached hydrogen (secondary N) is 1. The van der Waals surface area contributed by atoms with Gasteiger partial charge in [0.05, 0.1) is 23.4 Å². The van der Waals surface area contributed by atoms with Gasteiger partial charge in [-0.15, -0.1) is 10.2 Å². The first kappa shape index (κ1) is 55.5. The van der Waals surface area contributed by atoms with Gasteiger partial charge >= 0.3 is 11.9 Å². The normalized spacial score (nSPS) is 15.4. The van der Waals surface area contributed by atoms with Gasteiger partial charge in [-0.3, -0.25) is 24.2 Å². The van der Waals surface area contributed by atoms with Crippen LogP contribution in [0.15, 0.2) is 81.2 Å². The number of amides is 2. The van der Waals surface area contributed by atoms with Crippen molar-refractivity contribution in [2.45, 2.75) is 78.3 Å². The lowest BCUT2D eigenvalue weighted by atomic mass is 9.90. The Morgan fingerprint density at radius 2 is 1.30 bits per heavy atom. The highest BCUT2D eigenvalue weighted by molar-refractivity contribution is 6.08. The van der Waals surface area contributed by atoms with E-state index in [1.54, 1.807) is 40.0 Å². The summed E-state index contributed by atoms with van der Waals surface area (Å²) in [7, 11) is 0. The van der Waals surface area contributed by atoms with E-state index in [1.807, 2.05) is 48.6 Å². The van der Waals surface area contributed by atoms with E-state index < -0.39 is 24.0 Å². The number of guanidine groups is 1. The summed E-state index contributed by atoms with van der Waals surface area (Å²) in [6.07, 6.45) is 6.18. The van der Waals surface area contributed by atoms with Crippen LogP contribution in [-0.2, 0) is 27.2 Å². The fourth-order valence-corrected chi connectivity index (χ4v) is 10.1. The van der Waals surface area contributed by atoms with Gasteiger partial charge in [0.2, 0.25) is 29.7 Å². The number of nitrogens with two attached hydrogens (primary N) is 2. The van der Waals surface area contributed by atoms with Crippen molar-refractivity contribution in [1.82, 2.24) is 54.7 Å². The lowest BCUT2D eigenvalue weighted by Crippen LogP contribution is -2.52. The van der Waals surface area contributed by atoms with Crippen molar-refractivity contribution in [3.63, 3.8) is 0 Å². The standard InChI is InChI=1S/C54H65N17O9/c1-5-31(3)46(70-29-34(62-64-70)8-7-17-57-51(55)56)48(76)66-18-22-68(23-19-66)53-59-52(60-54(61-53)69-24-20-67(21-25-69)49(77)47(32(4)6-2)71-30-35(63-65-71)10-16-44(74)75)58-33-9-13-38(41(26-33)50(78)79)45-39-14-11-36(72)27-42(39)80-43-28-37(73)12-15-40(43)45/h9,11-15,26-32,46-47,72H,5-8,10,16-25H2,1-4H3,(H,74,75)(H,78,79)(H4,55,56,57)(H,58,59,60,61)/t31-,32-,46-,47-/m0/s1. The molecule has 26 nitrogen and oxygen atoms in total. The number of carboxylic acid groups (broad SMARTS) is 2. The number of piperazine rings is 2. The van der Waals surface area contributed by atoms with Crippen LogP contribution in [0.4, 0.5) is 23.5 Å². The van der Waals surface area contributed by atoms with E-state index in [0.717, 1.165) is 12.1 Å². The summed E-state index contributed by atoms with van der Waals surface area (Å²) >= 11 is 0. The van der Waals surface area contributed by atoms with Crippen LogP contribution < -0.4 is 32.0 Å². The molecule has 420 valence electrons. The van der Waals surface area contributed by atoms with E-state index in [4.69, 9.17) is 30.8 Å². The van der Waals surface area contributed by atoms with Crippen LogP contribution in [0.1, 0.15) is 87.2 Å². The summed E-state index contributed by atoms with van der Waals surface area (Å²) < 4.78 is 9.22. The second kappa shape index (κ2) is 24.2. The average Bonchev–Trinajstić information content (AvgIpc) is 4.19. The number of hydrogen-bond donors (Lipinski definition) is 6. The molecule has 9 rings (SSSR count). The van der Waals surface area contributed by atoms with Crippen LogP contribution >= 0.6 is 0 Å². The number of rotatable bonds is 21. The lowest BCUT2D eigenvalue weighted by molar-refractivity contribution is -0.138. The smallest absolute Gasteiger partial charge is 0.336 e. The summed E-state index contributed by atoms with van der Waals surface area (Å²) in [5.41, 5.74) is 13.7. The molecule has 5 aromatic rings. The zero-order valence-corrected chi connectivity index (χ0v) is 45.0. The van der Waals surface area contributed by atoms with Gasteiger partial charge in [-0.1, -0.05) is 57.0 Å². The first-order valence-corrected chi connectivity index (χ1v) is 26.7. The Hall–Kier alpha value is -9.23. The molecule has 0 bridgehead atoms. The van der Waals surface area contributed by atoms with E-state index in [1.165, 1.54) is 35.0 Å². The van der Waals surface area contributed by atoms with Gasteiger partial charge in [-0.2, -0.15) is 15.0 Å². The topological polar surface area (TPSA) is 349 Å². The fraction of sp³-hybridized carbons (Fsp3) is 0.426. The number of benzene rings is 3. The lowest BCUT2D eigenvalue weighted by Gasteiger charge is -2.38. The summed E-state index contributed by atoms with van der Waals surface area (Å²) in [6.45, 7) is 11.2. The number of aromatic carboxylic acids is 1. The van der Waals surface area contributed by atoms with Crippen LogP contribution in [0.5, 0.6) is 5.75 Å². The quantitative estimate of drug-likeness (QED) is 0.0254. The molecule has 0 saturated carbocycles. The monoisotopic (exact) mass is 1100 g/mol. The zero-order chi connectivity index (χ0) is 56.8. The Balaban J connectivity index is 0.993. The summed E-state index contributed by atoms with van der Waals surface area (Å²) in [5.74, 6) is -1.70. The highest BCUT2D eigenvalue weighted by Gasteiger charge is 2.36. The molecular formula is C54H65N17O9. The van der Waals surface area contributed by atoms with Gasteiger partial charge < -0.3 is 56.1 Å². The van der Waals surface area contributed by atoms with Crippen molar-refractivity contribution in [2.24, 2.45) is 28.3 Å². The molecule has 3 aromatic heterocycles. The number of carboxylic acids is 2. The minimum Gasteiger partial charge on any atom is -0.508 e. The number of fused-ring (bicyclic) bond motifs is 2. The molecular weight excluding hydrogens is 1030 g/mol. The van der Waals surface area contributed by atoms with Gasteiger partial charge in [0.1, 0.15) is 29.2 Å². The minimum atomic E-state index is -1.24. The maximum atomic E-state index is 14.4. The molecule has 0 spiro atoms. The first-order chi connectivity index (χ1) is 38.5. The number of carbonyl (C=O) groups excluding carboxylic acids is 2. The molecule has 0 unspecified atom stereocenters. The SMILES string of the molecule is CC[C@H](C)[C@@H](C(=O)N1CCN(c2nc(Nc3ccc(-c4c5ccc(=O)cc-5oc5cc(O)ccc45)c(C(=O)O)c3)nc(N3CCN(C(=O)[C@H]([C@@H](C)CC)n4cc(CCC(=O)O)nn4)CC3)n2)CC1)n1cc(CCCN=C(N)N)nn1. The Morgan fingerprint density at radius 3 is 1.85 bits per heavy atom. The number of anilines is 4. The minimum absolute atomic E-state index is 0.0207. The predicted molar refractivity (Wildman–Crippen MR) is 296 cm³/mol. The summed E-state index contributed by atoms with van der Waals surface area (Å²) in [5, 5.41) is 51.2.